The Morgan fingerprint density at radius 1 is 1.15 bits per heavy atom. The van der Waals surface area contributed by atoms with Crippen molar-refractivity contribution in [1.29, 1.82) is 0 Å². The molecule has 4 rings (SSSR count). The monoisotopic (exact) mass is 462 g/mol. The fourth-order valence-electron chi connectivity index (χ4n) is 4.11. The molecule has 0 aliphatic carbocycles. The Bertz CT molecular complexity index is 1250. The topological polar surface area (TPSA) is 98.3 Å². The zero-order chi connectivity index (χ0) is 23.9. The highest BCUT2D eigenvalue weighted by molar-refractivity contribution is 5.71. The maximum Gasteiger partial charge on any atom is 0.316 e. The third-order valence-corrected chi connectivity index (χ3v) is 5.82. The number of ether oxygens (including phenoxy) is 1. The molecule has 1 aromatic carbocycles. The number of methoxy groups -OCH3 is 1. The van der Waals surface area contributed by atoms with Crippen LogP contribution in [0.2, 0.25) is 0 Å². The van der Waals surface area contributed by atoms with E-state index in [0.29, 0.717) is 36.0 Å². The predicted molar refractivity (Wildman–Crippen MR) is 130 cm³/mol. The van der Waals surface area contributed by atoms with E-state index in [0.717, 1.165) is 30.6 Å². The number of benzene rings is 1. The fraction of sp³-hybridized carbons (Fsp3) is 0.360. The smallest absolute Gasteiger partial charge is 0.316 e. The number of nitrogens with one attached hydrogen (secondary N) is 1. The minimum absolute atomic E-state index is 0.0996. The summed E-state index contributed by atoms with van der Waals surface area (Å²) in [4.78, 5) is 29.1. The van der Waals surface area contributed by atoms with Gasteiger partial charge in [-0.05, 0) is 25.1 Å². The molecule has 0 fully saturated rings. The van der Waals surface area contributed by atoms with Crippen LogP contribution in [0.4, 0.5) is 0 Å². The van der Waals surface area contributed by atoms with Gasteiger partial charge >= 0.3 is 6.01 Å². The van der Waals surface area contributed by atoms with E-state index in [2.05, 4.69) is 27.1 Å². The van der Waals surface area contributed by atoms with Gasteiger partial charge in [-0.15, -0.1) is 0 Å². The molecule has 0 saturated heterocycles. The van der Waals surface area contributed by atoms with Gasteiger partial charge in [-0.2, -0.15) is 4.98 Å². The summed E-state index contributed by atoms with van der Waals surface area (Å²) in [5.41, 5.74) is 2.25. The third-order valence-electron chi connectivity index (χ3n) is 5.82. The highest BCUT2D eigenvalue weighted by atomic mass is 16.5. The molecule has 0 bridgehead atoms. The summed E-state index contributed by atoms with van der Waals surface area (Å²) in [6, 6.07) is 11.9. The SMILES string of the molecule is CCC(c1nc2occc2c(=O)n1Cc1ccccc1)N(CCNC)Cc1cnc(OC)nc1. The van der Waals surface area contributed by atoms with Gasteiger partial charge in [0.1, 0.15) is 11.2 Å². The number of fused-ring (bicyclic) bond motifs is 1. The van der Waals surface area contributed by atoms with Crippen LogP contribution in [0.3, 0.4) is 0 Å². The van der Waals surface area contributed by atoms with Gasteiger partial charge in [-0.1, -0.05) is 37.3 Å². The number of nitrogens with zero attached hydrogens (tertiary/aromatic N) is 5. The molecule has 1 N–H and O–H groups in total. The molecule has 0 amide bonds. The second-order valence-electron chi connectivity index (χ2n) is 8.06. The maximum atomic E-state index is 13.5. The molecule has 0 spiro atoms. The quantitative estimate of drug-likeness (QED) is 0.363. The summed E-state index contributed by atoms with van der Waals surface area (Å²) in [7, 11) is 3.47. The molecule has 9 nitrogen and oxygen atoms in total. The molecule has 3 aromatic heterocycles. The summed E-state index contributed by atoms with van der Waals surface area (Å²) in [5.74, 6) is 0.685. The van der Waals surface area contributed by atoms with E-state index in [9.17, 15) is 4.79 Å². The summed E-state index contributed by atoms with van der Waals surface area (Å²) in [6.45, 7) is 4.66. The third kappa shape index (κ3) is 5.16. The first kappa shape index (κ1) is 23.6. The number of aromatic nitrogens is 4. The Balaban J connectivity index is 1.76. The Morgan fingerprint density at radius 2 is 1.91 bits per heavy atom. The van der Waals surface area contributed by atoms with Gasteiger partial charge in [0.2, 0.25) is 5.71 Å². The van der Waals surface area contributed by atoms with Crippen molar-refractivity contribution >= 4 is 11.1 Å². The molecule has 3 heterocycles. The standard InChI is InChI=1S/C25H30N6O3/c1-4-21(30(12-11-26-2)16-19-14-27-25(33-3)28-15-19)22-29-23-20(10-13-34-23)24(32)31(22)17-18-8-6-5-7-9-18/h5-10,13-15,21,26H,4,11-12,16-17H2,1-3H3. The molecule has 34 heavy (non-hydrogen) atoms. The Kier molecular flexibility index (Phi) is 7.66. The molecule has 0 aliphatic rings. The van der Waals surface area contributed by atoms with Gasteiger partial charge in [-0.3, -0.25) is 14.3 Å². The van der Waals surface area contributed by atoms with Crippen LogP contribution in [0.25, 0.3) is 11.1 Å². The molecule has 0 aliphatic heterocycles. The normalized spacial score (nSPS) is 12.4. The lowest BCUT2D eigenvalue weighted by Gasteiger charge is -2.32. The zero-order valence-corrected chi connectivity index (χ0v) is 19.8. The van der Waals surface area contributed by atoms with Gasteiger partial charge in [0, 0.05) is 37.6 Å². The van der Waals surface area contributed by atoms with Gasteiger partial charge in [0.15, 0.2) is 0 Å². The summed E-state index contributed by atoms with van der Waals surface area (Å²) >= 11 is 0. The van der Waals surface area contributed by atoms with Crippen molar-refractivity contribution in [2.45, 2.75) is 32.5 Å². The summed E-state index contributed by atoms with van der Waals surface area (Å²) < 4.78 is 12.4. The molecule has 0 radical (unpaired) electrons. The van der Waals surface area contributed by atoms with Crippen molar-refractivity contribution < 1.29 is 9.15 Å². The number of hydrogen-bond donors (Lipinski definition) is 1. The molecule has 1 unspecified atom stereocenters. The van der Waals surface area contributed by atoms with E-state index in [-0.39, 0.29) is 11.6 Å². The van der Waals surface area contributed by atoms with Crippen LogP contribution in [0, 0.1) is 0 Å². The van der Waals surface area contributed by atoms with Crippen LogP contribution >= 0.6 is 0 Å². The largest absolute Gasteiger partial charge is 0.467 e. The number of rotatable bonds is 11. The second kappa shape index (κ2) is 11.0. The van der Waals surface area contributed by atoms with Gasteiger partial charge in [0.05, 0.1) is 26.0 Å². The van der Waals surface area contributed by atoms with Crippen molar-refractivity contribution in [3.8, 4) is 6.01 Å². The van der Waals surface area contributed by atoms with Crippen molar-refractivity contribution in [3.63, 3.8) is 0 Å². The molecule has 4 aromatic rings. The minimum Gasteiger partial charge on any atom is -0.467 e. The Morgan fingerprint density at radius 3 is 2.59 bits per heavy atom. The Hall–Kier alpha value is -3.56. The zero-order valence-electron chi connectivity index (χ0n) is 19.8. The molecule has 0 saturated carbocycles. The van der Waals surface area contributed by atoms with Crippen LogP contribution in [-0.4, -0.2) is 51.7 Å². The van der Waals surface area contributed by atoms with Crippen LogP contribution < -0.4 is 15.6 Å². The van der Waals surface area contributed by atoms with Crippen LogP contribution in [-0.2, 0) is 13.1 Å². The molecular weight excluding hydrogens is 432 g/mol. The molecule has 9 heteroatoms. The average Bonchev–Trinajstić information content (AvgIpc) is 3.35. The van der Waals surface area contributed by atoms with Gasteiger partial charge in [-0.25, -0.2) is 9.97 Å². The predicted octanol–water partition coefficient (Wildman–Crippen LogP) is 3.01. The summed E-state index contributed by atoms with van der Waals surface area (Å²) in [6.07, 6.45) is 5.81. The first-order valence-electron chi connectivity index (χ1n) is 11.4. The summed E-state index contributed by atoms with van der Waals surface area (Å²) in [5, 5.41) is 3.71. The first-order valence-corrected chi connectivity index (χ1v) is 11.4. The van der Waals surface area contributed by atoms with E-state index in [1.165, 1.54) is 6.26 Å². The van der Waals surface area contributed by atoms with Crippen LogP contribution in [0.5, 0.6) is 6.01 Å². The van der Waals surface area contributed by atoms with Crippen molar-refractivity contribution in [2.24, 2.45) is 0 Å². The number of hydrogen-bond acceptors (Lipinski definition) is 8. The highest BCUT2D eigenvalue weighted by Crippen LogP contribution is 2.26. The van der Waals surface area contributed by atoms with E-state index in [1.54, 1.807) is 30.1 Å². The van der Waals surface area contributed by atoms with Crippen LogP contribution in [0.1, 0.15) is 36.3 Å². The second-order valence-corrected chi connectivity index (χ2v) is 8.06. The molecule has 1 atom stereocenters. The number of likely N-dealkylation sites (N-methyl/N-ethyl adjacent to an activating group) is 1. The average molecular weight is 463 g/mol. The van der Waals surface area contributed by atoms with Crippen molar-refractivity contribution in [1.82, 2.24) is 29.7 Å². The molecular formula is C25H30N6O3. The van der Waals surface area contributed by atoms with E-state index < -0.39 is 0 Å². The fourth-order valence-corrected chi connectivity index (χ4v) is 4.11. The van der Waals surface area contributed by atoms with Crippen LogP contribution in [0.15, 0.2) is 64.3 Å². The van der Waals surface area contributed by atoms with Crippen molar-refractivity contribution in [2.75, 3.05) is 27.2 Å². The van der Waals surface area contributed by atoms with E-state index >= 15 is 0 Å². The lowest BCUT2D eigenvalue weighted by Crippen LogP contribution is -2.38. The van der Waals surface area contributed by atoms with Crippen molar-refractivity contribution in [3.05, 3.63) is 82.4 Å². The maximum absolute atomic E-state index is 13.5. The lowest BCUT2D eigenvalue weighted by atomic mass is 10.1. The minimum atomic E-state index is -0.124. The number of furan rings is 1. The highest BCUT2D eigenvalue weighted by Gasteiger charge is 2.26. The first-order chi connectivity index (χ1) is 16.6. The van der Waals surface area contributed by atoms with Gasteiger partial charge < -0.3 is 14.5 Å². The Labute approximate surface area is 198 Å². The lowest BCUT2D eigenvalue weighted by molar-refractivity contribution is 0.172. The van der Waals surface area contributed by atoms with E-state index in [4.69, 9.17) is 14.1 Å². The van der Waals surface area contributed by atoms with Gasteiger partial charge in [0.25, 0.3) is 5.56 Å². The van der Waals surface area contributed by atoms with E-state index in [1.807, 2.05) is 37.4 Å². The molecule has 178 valence electrons.